The van der Waals surface area contributed by atoms with Crippen LogP contribution in [-0.2, 0) is 4.79 Å². The molecule has 2 aliphatic heterocycles. The second-order valence-electron chi connectivity index (χ2n) is 6.28. The SMILES string of the molecule is NC1=NC2C(CSC2CCCCC(=O)Nc2c(I)cc(N)cc2I)N1. The van der Waals surface area contributed by atoms with Crippen molar-refractivity contribution in [1.29, 1.82) is 0 Å². The zero-order chi connectivity index (χ0) is 18.0. The molecule has 136 valence electrons. The van der Waals surface area contributed by atoms with Crippen molar-refractivity contribution < 1.29 is 4.79 Å². The summed E-state index contributed by atoms with van der Waals surface area (Å²) in [6.07, 6.45) is 3.52. The highest BCUT2D eigenvalue weighted by Gasteiger charge is 2.40. The van der Waals surface area contributed by atoms with E-state index in [0.717, 1.165) is 37.8 Å². The average Bonchev–Trinajstić information content (AvgIpc) is 3.07. The summed E-state index contributed by atoms with van der Waals surface area (Å²) in [4.78, 5) is 16.7. The lowest BCUT2D eigenvalue weighted by molar-refractivity contribution is -0.116. The van der Waals surface area contributed by atoms with Crippen LogP contribution >= 0.6 is 56.9 Å². The first kappa shape index (κ1) is 19.3. The average molecular weight is 585 g/mol. The van der Waals surface area contributed by atoms with Gasteiger partial charge in [-0.2, -0.15) is 11.8 Å². The number of rotatable bonds is 6. The van der Waals surface area contributed by atoms with Gasteiger partial charge in [-0.25, -0.2) is 4.99 Å². The molecule has 0 saturated carbocycles. The predicted octanol–water partition coefficient (Wildman–Crippen LogP) is 2.75. The van der Waals surface area contributed by atoms with Crippen LogP contribution in [0.2, 0.25) is 0 Å². The molecule has 3 rings (SSSR count). The Bertz CT molecular complexity index is 676. The number of fused-ring (bicyclic) bond motifs is 1. The first-order chi connectivity index (χ1) is 11.9. The summed E-state index contributed by atoms with van der Waals surface area (Å²) < 4.78 is 1.93. The van der Waals surface area contributed by atoms with Gasteiger partial charge in [0, 0.05) is 30.3 Å². The van der Waals surface area contributed by atoms with Gasteiger partial charge in [0.2, 0.25) is 5.91 Å². The lowest BCUT2D eigenvalue weighted by Gasteiger charge is -2.14. The predicted molar refractivity (Wildman–Crippen MR) is 122 cm³/mol. The number of aliphatic imine (C=N–C) groups is 1. The molecule has 6 N–H and O–H groups in total. The Morgan fingerprint density at radius 2 is 2.04 bits per heavy atom. The number of nitrogens with one attached hydrogen (secondary N) is 2. The van der Waals surface area contributed by atoms with Crippen LogP contribution in [0.15, 0.2) is 17.1 Å². The van der Waals surface area contributed by atoms with Crippen molar-refractivity contribution in [1.82, 2.24) is 5.32 Å². The van der Waals surface area contributed by atoms with Crippen LogP contribution in [-0.4, -0.2) is 35.0 Å². The number of nitrogens with zero attached hydrogens (tertiary/aromatic N) is 1. The molecule has 0 bridgehead atoms. The van der Waals surface area contributed by atoms with E-state index in [0.29, 0.717) is 35.4 Å². The summed E-state index contributed by atoms with van der Waals surface area (Å²) in [5, 5.41) is 6.76. The molecule has 1 amide bonds. The minimum absolute atomic E-state index is 0.0577. The number of nitrogens with two attached hydrogens (primary N) is 2. The molecular formula is C16H21I2N5OS. The van der Waals surface area contributed by atoms with Crippen molar-refractivity contribution in [3.05, 3.63) is 19.3 Å². The molecule has 2 heterocycles. The Kier molecular flexibility index (Phi) is 6.58. The van der Waals surface area contributed by atoms with Crippen LogP contribution in [0.5, 0.6) is 0 Å². The van der Waals surface area contributed by atoms with Gasteiger partial charge in [0.05, 0.1) is 17.8 Å². The Balaban J connectivity index is 1.42. The van der Waals surface area contributed by atoms with Gasteiger partial charge in [0.25, 0.3) is 0 Å². The van der Waals surface area contributed by atoms with E-state index in [1.807, 2.05) is 23.9 Å². The van der Waals surface area contributed by atoms with E-state index in [1.54, 1.807) is 0 Å². The summed E-state index contributed by atoms with van der Waals surface area (Å²) in [5.74, 6) is 1.70. The fourth-order valence-electron chi connectivity index (χ4n) is 3.17. The van der Waals surface area contributed by atoms with Crippen molar-refractivity contribution >= 4 is 80.2 Å². The number of amides is 1. The maximum atomic E-state index is 12.2. The molecule has 3 unspecified atom stereocenters. The number of carbonyl (C=O) groups excluding carboxylic acids is 1. The van der Waals surface area contributed by atoms with Gasteiger partial charge in [-0.3, -0.25) is 4.79 Å². The van der Waals surface area contributed by atoms with Crippen LogP contribution in [0.4, 0.5) is 11.4 Å². The number of carbonyl (C=O) groups is 1. The molecular weight excluding hydrogens is 564 g/mol. The molecule has 2 aliphatic rings. The Hall–Kier alpha value is -0.430. The lowest BCUT2D eigenvalue weighted by Crippen LogP contribution is -2.38. The number of anilines is 2. The molecule has 1 aromatic rings. The maximum Gasteiger partial charge on any atom is 0.224 e. The van der Waals surface area contributed by atoms with Crippen molar-refractivity contribution in [2.24, 2.45) is 10.7 Å². The highest BCUT2D eigenvalue weighted by Crippen LogP contribution is 2.35. The fourth-order valence-corrected chi connectivity index (χ4v) is 6.77. The lowest BCUT2D eigenvalue weighted by atomic mass is 10.0. The van der Waals surface area contributed by atoms with E-state index in [9.17, 15) is 4.79 Å². The van der Waals surface area contributed by atoms with Crippen molar-refractivity contribution in [2.45, 2.75) is 43.0 Å². The fraction of sp³-hybridized carbons (Fsp3) is 0.500. The van der Waals surface area contributed by atoms with Crippen LogP contribution in [0.3, 0.4) is 0 Å². The smallest absolute Gasteiger partial charge is 0.224 e. The second kappa shape index (κ2) is 8.51. The molecule has 25 heavy (non-hydrogen) atoms. The minimum Gasteiger partial charge on any atom is -0.399 e. The first-order valence-electron chi connectivity index (χ1n) is 8.20. The Morgan fingerprint density at radius 1 is 1.32 bits per heavy atom. The molecule has 6 nitrogen and oxygen atoms in total. The van der Waals surface area contributed by atoms with Gasteiger partial charge in [-0.15, -0.1) is 0 Å². The zero-order valence-electron chi connectivity index (χ0n) is 13.6. The molecule has 9 heteroatoms. The van der Waals surface area contributed by atoms with Gasteiger partial charge in [0.1, 0.15) is 0 Å². The standard InChI is InChI=1S/C16H21I2N5OS/c17-9-5-8(19)6-10(18)14(9)22-13(24)4-2-1-3-12-15-11(7-25-12)21-16(20)23-15/h5-6,11-12,15H,1-4,7,19H2,(H,22,24)(H3,20,21,23). The van der Waals surface area contributed by atoms with Crippen LogP contribution in [0.1, 0.15) is 25.7 Å². The maximum absolute atomic E-state index is 12.2. The number of thioether (sulfide) groups is 1. The van der Waals surface area contributed by atoms with E-state index < -0.39 is 0 Å². The van der Waals surface area contributed by atoms with Gasteiger partial charge < -0.3 is 22.1 Å². The topological polar surface area (TPSA) is 106 Å². The van der Waals surface area contributed by atoms with E-state index in [1.165, 1.54) is 0 Å². The number of benzene rings is 1. The summed E-state index contributed by atoms with van der Waals surface area (Å²) in [6.45, 7) is 0. The van der Waals surface area contributed by atoms with E-state index in [-0.39, 0.29) is 5.91 Å². The number of hydrogen-bond acceptors (Lipinski definition) is 6. The van der Waals surface area contributed by atoms with Gasteiger partial charge in [-0.05, 0) is 70.2 Å². The third-order valence-electron chi connectivity index (χ3n) is 4.38. The molecule has 0 spiro atoms. The molecule has 1 fully saturated rings. The van der Waals surface area contributed by atoms with Crippen molar-refractivity contribution in [3.63, 3.8) is 0 Å². The minimum atomic E-state index is 0.0577. The van der Waals surface area contributed by atoms with Crippen LogP contribution in [0, 0.1) is 7.14 Å². The molecule has 0 aliphatic carbocycles. The van der Waals surface area contributed by atoms with E-state index in [4.69, 9.17) is 11.5 Å². The van der Waals surface area contributed by atoms with Gasteiger partial charge in [-0.1, -0.05) is 6.42 Å². The summed E-state index contributed by atoms with van der Waals surface area (Å²) >= 11 is 6.36. The second-order valence-corrected chi connectivity index (χ2v) is 9.88. The van der Waals surface area contributed by atoms with E-state index >= 15 is 0 Å². The third-order valence-corrected chi connectivity index (χ3v) is 7.57. The first-order valence-corrected chi connectivity index (χ1v) is 11.4. The third kappa shape index (κ3) is 4.85. The largest absolute Gasteiger partial charge is 0.399 e. The summed E-state index contributed by atoms with van der Waals surface area (Å²) in [5.41, 5.74) is 13.1. The normalized spacial score (nSPS) is 24.6. The number of nitrogen functional groups attached to an aromatic ring is 1. The van der Waals surface area contributed by atoms with Gasteiger partial charge in [0.15, 0.2) is 5.96 Å². The molecule has 1 aromatic carbocycles. The number of guanidine groups is 1. The molecule has 3 atom stereocenters. The Labute approximate surface area is 179 Å². The molecule has 0 aromatic heterocycles. The highest BCUT2D eigenvalue weighted by molar-refractivity contribution is 14.1. The van der Waals surface area contributed by atoms with Crippen molar-refractivity contribution in [3.8, 4) is 0 Å². The molecule has 0 radical (unpaired) electrons. The number of halogens is 2. The van der Waals surface area contributed by atoms with E-state index in [2.05, 4.69) is 60.8 Å². The Morgan fingerprint density at radius 3 is 2.76 bits per heavy atom. The highest BCUT2D eigenvalue weighted by atomic mass is 127. The number of unbranched alkanes of at least 4 members (excludes halogenated alkanes) is 1. The molecule has 1 saturated heterocycles. The zero-order valence-corrected chi connectivity index (χ0v) is 18.7. The number of hydrogen-bond donors (Lipinski definition) is 4. The van der Waals surface area contributed by atoms with Crippen molar-refractivity contribution in [2.75, 3.05) is 16.8 Å². The van der Waals surface area contributed by atoms with Crippen LogP contribution in [0.25, 0.3) is 0 Å². The summed E-state index contributed by atoms with van der Waals surface area (Å²) in [7, 11) is 0. The quantitative estimate of drug-likeness (QED) is 0.234. The summed E-state index contributed by atoms with van der Waals surface area (Å²) in [6, 6.07) is 4.44. The monoisotopic (exact) mass is 585 g/mol. The van der Waals surface area contributed by atoms with Gasteiger partial charge >= 0.3 is 0 Å². The van der Waals surface area contributed by atoms with Crippen LogP contribution < -0.4 is 22.1 Å².